The molecule has 0 radical (unpaired) electrons. The molecule has 0 N–H and O–H groups in total. The van der Waals surface area contributed by atoms with Gasteiger partial charge in [-0.3, -0.25) is 4.57 Å². The second-order valence-electron chi connectivity index (χ2n) is 7.45. The molecule has 166 valence electrons. The lowest BCUT2D eigenvalue weighted by molar-refractivity contribution is 0.100. The van der Waals surface area contributed by atoms with Crippen LogP contribution in [-0.2, 0) is 24.0 Å². The molecule has 0 aliphatic carbocycles. The Bertz CT molecular complexity index is 1120. The van der Waals surface area contributed by atoms with Gasteiger partial charge in [0.05, 0.1) is 18.5 Å². The molecule has 4 nitrogen and oxygen atoms in total. The summed E-state index contributed by atoms with van der Waals surface area (Å²) in [6.45, 7) is 4.20. The molecular weight excluding hydrogens is 487 g/mol. The van der Waals surface area contributed by atoms with Gasteiger partial charge in [0.2, 0.25) is 0 Å². The van der Waals surface area contributed by atoms with E-state index in [1.807, 2.05) is 98.8 Å². The van der Waals surface area contributed by atoms with Gasteiger partial charge in [-0.25, -0.2) is 0 Å². The zero-order chi connectivity index (χ0) is 22.6. The third-order valence-electron chi connectivity index (χ3n) is 5.47. The number of benzene rings is 3. The van der Waals surface area contributed by atoms with Gasteiger partial charge in [0.15, 0.2) is 5.60 Å². The fourth-order valence-electron chi connectivity index (χ4n) is 4.07. The van der Waals surface area contributed by atoms with E-state index < -0.39 is 13.2 Å². The first-order valence-corrected chi connectivity index (χ1v) is 13.0. The van der Waals surface area contributed by atoms with Gasteiger partial charge in [0.1, 0.15) is 5.76 Å². The molecule has 32 heavy (non-hydrogen) atoms. The van der Waals surface area contributed by atoms with Gasteiger partial charge in [0, 0.05) is 27.6 Å². The molecule has 1 aliphatic rings. The van der Waals surface area contributed by atoms with Gasteiger partial charge in [0.25, 0.3) is 0 Å². The van der Waals surface area contributed by atoms with Crippen LogP contribution in [0.4, 0.5) is 0 Å². The number of rotatable bonds is 8. The van der Waals surface area contributed by atoms with Gasteiger partial charge in [-0.2, -0.15) is 0 Å². The van der Waals surface area contributed by atoms with Crippen LogP contribution in [0.25, 0.3) is 5.76 Å². The molecule has 1 aliphatic heterocycles. The van der Waals surface area contributed by atoms with Crippen LogP contribution in [0.15, 0.2) is 94.7 Å². The molecule has 0 fully saturated rings. The Labute approximate surface area is 197 Å². The maximum atomic E-state index is 14.0. The summed E-state index contributed by atoms with van der Waals surface area (Å²) in [6, 6.07) is 27.9. The maximum absolute atomic E-state index is 14.0. The Morgan fingerprint density at radius 2 is 1.38 bits per heavy atom. The largest absolute Gasteiger partial charge is 0.476 e. The molecule has 1 atom stereocenters. The Hall–Kier alpha value is -2.17. The average Bonchev–Trinajstić information content (AvgIpc) is 3.24. The van der Waals surface area contributed by atoms with E-state index in [9.17, 15) is 4.57 Å². The van der Waals surface area contributed by atoms with Crippen molar-refractivity contribution in [2.45, 2.75) is 25.9 Å². The van der Waals surface area contributed by atoms with Crippen LogP contribution in [0, 0.1) is 0 Å². The van der Waals surface area contributed by atoms with Crippen molar-refractivity contribution in [3.63, 3.8) is 0 Å². The SMILES string of the molecule is CCOP(=O)(OCC)C1=C(c2ccccc2)OC(c2ccccc2)(c2ccc(Br)cc2)C1. The van der Waals surface area contributed by atoms with Crippen LogP contribution in [0.2, 0.25) is 0 Å². The molecule has 6 heteroatoms. The number of hydrogen-bond acceptors (Lipinski definition) is 4. The lowest BCUT2D eigenvalue weighted by Gasteiger charge is -2.31. The second-order valence-corrected chi connectivity index (χ2v) is 10.4. The summed E-state index contributed by atoms with van der Waals surface area (Å²) in [6.07, 6.45) is 0.361. The zero-order valence-electron chi connectivity index (χ0n) is 18.2. The van der Waals surface area contributed by atoms with E-state index in [4.69, 9.17) is 13.8 Å². The number of ether oxygens (including phenoxy) is 1. The molecule has 0 saturated carbocycles. The molecule has 3 aromatic carbocycles. The molecular formula is C26H26BrO4P. The highest BCUT2D eigenvalue weighted by atomic mass is 79.9. The Kier molecular flexibility index (Phi) is 7.02. The topological polar surface area (TPSA) is 44.8 Å². The van der Waals surface area contributed by atoms with Crippen LogP contribution in [0.5, 0.6) is 0 Å². The lowest BCUT2D eigenvalue weighted by Crippen LogP contribution is -2.27. The summed E-state index contributed by atoms with van der Waals surface area (Å²) >= 11 is 3.53. The number of hydrogen-bond donors (Lipinski definition) is 0. The highest BCUT2D eigenvalue weighted by Gasteiger charge is 2.50. The van der Waals surface area contributed by atoms with Gasteiger partial charge in [-0.1, -0.05) is 88.7 Å². The highest BCUT2D eigenvalue weighted by Crippen LogP contribution is 2.66. The summed E-state index contributed by atoms with van der Waals surface area (Å²) in [4.78, 5) is 0. The molecule has 1 unspecified atom stereocenters. The third kappa shape index (κ3) is 4.35. The zero-order valence-corrected chi connectivity index (χ0v) is 20.6. The van der Waals surface area contributed by atoms with Crippen LogP contribution in [0.1, 0.15) is 37.0 Å². The van der Waals surface area contributed by atoms with Gasteiger partial charge < -0.3 is 13.8 Å². The molecule has 1 heterocycles. The first-order chi connectivity index (χ1) is 15.5. The van der Waals surface area contributed by atoms with Crippen molar-refractivity contribution in [3.05, 3.63) is 111 Å². The first-order valence-electron chi connectivity index (χ1n) is 10.7. The van der Waals surface area contributed by atoms with E-state index in [0.717, 1.165) is 21.2 Å². The van der Waals surface area contributed by atoms with Crippen molar-refractivity contribution < 1.29 is 18.3 Å². The van der Waals surface area contributed by atoms with Crippen LogP contribution in [-0.4, -0.2) is 13.2 Å². The predicted octanol–water partition coefficient (Wildman–Crippen LogP) is 7.75. The summed E-state index contributed by atoms with van der Waals surface area (Å²) in [5.74, 6) is 0.558. The molecule has 0 spiro atoms. The third-order valence-corrected chi connectivity index (χ3v) is 8.22. The summed E-state index contributed by atoms with van der Waals surface area (Å²) in [5.41, 5.74) is 1.93. The van der Waals surface area contributed by atoms with Crippen molar-refractivity contribution in [3.8, 4) is 0 Å². The summed E-state index contributed by atoms with van der Waals surface area (Å²) in [7, 11) is -3.57. The minimum Gasteiger partial charge on any atom is -0.476 e. The van der Waals surface area contributed by atoms with Crippen LogP contribution >= 0.6 is 23.5 Å². The Morgan fingerprint density at radius 3 is 1.94 bits per heavy atom. The van der Waals surface area contributed by atoms with E-state index in [1.165, 1.54) is 0 Å². The quantitative estimate of drug-likeness (QED) is 0.289. The first kappa shape index (κ1) is 23.0. The fourth-order valence-corrected chi connectivity index (χ4v) is 6.24. The summed E-state index contributed by atoms with van der Waals surface area (Å²) < 4.78 is 33.4. The average molecular weight is 513 g/mol. The minimum atomic E-state index is -3.57. The van der Waals surface area contributed by atoms with Crippen LogP contribution in [0.3, 0.4) is 0 Å². The molecule has 0 saturated heterocycles. The maximum Gasteiger partial charge on any atom is 0.361 e. The van der Waals surface area contributed by atoms with Crippen molar-refractivity contribution >= 4 is 29.3 Å². The van der Waals surface area contributed by atoms with Crippen molar-refractivity contribution in [1.82, 2.24) is 0 Å². The molecule has 3 aromatic rings. The molecule has 0 aromatic heterocycles. The molecule has 0 bridgehead atoms. The van der Waals surface area contributed by atoms with Gasteiger partial charge >= 0.3 is 7.60 Å². The van der Waals surface area contributed by atoms with Crippen molar-refractivity contribution in [2.75, 3.05) is 13.2 Å². The Morgan fingerprint density at radius 1 is 0.844 bits per heavy atom. The van der Waals surface area contributed by atoms with Crippen molar-refractivity contribution in [1.29, 1.82) is 0 Å². The molecule has 4 rings (SSSR count). The van der Waals surface area contributed by atoms with E-state index in [2.05, 4.69) is 15.9 Å². The van der Waals surface area contributed by atoms with E-state index in [-0.39, 0.29) is 13.2 Å². The second kappa shape index (κ2) is 9.76. The Balaban J connectivity index is 1.94. The van der Waals surface area contributed by atoms with Crippen LogP contribution < -0.4 is 0 Å². The highest BCUT2D eigenvalue weighted by molar-refractivity contribution is 9.10. The number of halogens is 1. The minimum absolute atomic E-state index is 0.277. The monoisotopic (exact) mass is 512 g/mol. The lowest BCUT2D eigenvalue weighted by atomic mass is 9.84. The van der Waals surface area contributed by atoms with E-state index in [1.54, 1.807) is 0 Å². The standard InChI is InChI=1S/C26H26BrO4P/c1-3-29-32(28,30-4-2)24-19-26(21-13-9-6-10-14-21,22-15-17-23(27)18-16-22)31-25(24)20-11-7-5-8-12-20/h5-18H,3-4,19H2,1-2H3. The normalized spacial score (nSPS) is 18.6. The smallest absolute Gasteiger partial charge is 0.361 e. The predicted molar refractivity (Wildman–Crippen MR) is 131 cm³/mol. The van der Waals surface area contributed by atoms with E-state index >= 15 is 0 Å². The molecule has 0 amide bonds. The van der Waals surface area contributed by atoms with Crippen molar-refractivity contribution in [2.24, 2.45) is 0 Å². The van der Waals surface area contributed by atoms with Gasteiger partial charge in [-0.05, 0) is 26.0 Å². The van der Waals surface area contributed by atoms with E-state index in [0.29, 0.717) is 17.5 Å². The summed E-state index contributed by atoms with van der Waals surface area (Å²) in [5, 5.41) is 0.569. The fraction of sp³-hybridized carbons (Fsp3) is 0.231. The van der Waals surface area contributed by atoms with Gasteiger partial charge in [-0.15, -0.1) is 0 Å².